The first kappa shape index (κ1) is 13.1. The minimum Gasteiger partial charge on any atom is -0.476 e. The summed E-state index contributed by atoms with van der Waals surface area (Å²) >= 11 is 0. The molecule has 3 aromatic rings. The molecule has 0 unspecified atom stereocenters. The van der Waals surface area contributed by atoms with E-state index in [9.17, 15) is 9.90 Å². The van der Waals surface area contributed by atoms with Gasteiger partial charge in [-0.1, -0.05) is 48.0 Å². The van der Waals surface area contributed by atoms with E-state index in [0.717, 1.165) is 16.8 Å². The zero-order chi connectivity index (χ0) is 14.8. The fourth-order valence-corrected chi connectivity index (χ4v) is 2.18. The molecular weight excluding hydrogens is 264 g/mol. The molecule has 1 N–H and O–H groups in total. The number of rotatable bonds is 3. The zero-order valence-electron chi connectivity index (χ0n) is 11.5. The molecular formula is C17H14N2O2. The summed E-state index contributed by atoms with van der Waals surface area (Å²) in [6.07, 6.45) is 1.55. The van der Waals surface area contributed by atoms with Gasteiger partial charge < -0.3 is 5.11 Å². The summed E-state index contributed by atoms with van der Waals surface area (Å²) in [6, 6.07) is 17.4. The normalized spacial score (nSPS) is 10.5. The number of nitrogens with zero attached hydrogens (tertiary/aromatic N) is 2. The molecule has 0 atom stereocenters. The number of benzene rings is 2. The van der Waals surface area contributed by atoms with E-state index in [-0.39, 0.29) is 5.69 Å². The first-order valence-electron chi connectivity index (χ1n) is 6.60. The summed E-state index contributed by atoms with van der Waals surface area (Å²) in [7, 11) is 0. The lowest BCUT2D eigenvalue weighted by Gasteiger charge is -2.08. The van der Waals surface area contributed by atoms with Crippen molar-refractivity contribution in [2.24, 2.45) is 0 Å². The number of aromatic carboxylic acids is 1. The Hall–Kier alpha value is -2.88. The van der Waals surface area contributed by atoms with E-state index in [2.05, 4.69) is 4.98 Å². The third-order valence-electron chi connectivity index (χ3n) is 3.27. The molecule has 2 aromatic carbocycles. The quantitative estimate of drug-likeness (QED) is 0.797. The van der Waals surface area contributed by atoms with Crippen LogP contribution in [0.2, 0.25) is 0 Å². The van der Waals surface area contributed by atoms with Crippen LogP contribution in [0.3, 0.4) is 0 Å². The van der Waals surface area contributed by atoms with Crippen molar-refractivity contribution in [2.45, 2.75) is 6.92 Å². The van der Waals surface area contributed by atoms with Gasteiger partial charge in [-0.2, -0.15) is 0 Å². The SMILES string of the molecule is Cc1ccc(-n2cc(C(=O)O)nc2-c2ccccc2)cc1. The van der Waals surface area contributed by atoms with E-state index in [4.69, 9.17) is 0 Å². The molecule has 21 heavy (non-hydrogen) atoms. The van der Waals surface area contributed by atoms with Crippen molar-refractivity contribution in [3.05, 3.63) is 72.1 Å². The van der Waals surface area contributed by atoms with Crippen LogP contribution in [0, 0.1) is 6.92 Å². The number of carbonyl (C=O) groups is 1. The van der Waals surface area contributed by atoms with Crippen LogP contribution in [0.25, 0.3) is 17.1 Å². The Kier molecular flexibility index (Phi) is 3.28. The van der Waals surface area contributed by atoms with E-state index < -0.39 is 5.97 Å². The third-order valence-corrected chi connectivity index (χ3v) is 3.27. The first-order valence-corrected chi connectivity index (χ1v) is 6.60. The second-order valence-electron chi connectivity index (χ2n) is 4.83. The molecule has 4 nitrogen and oxygen atoms in total. The molecule has 0 radical (unpaired) electrons. The molecule has 0 saturated carbocycles. The largest absolute Gasteiger partial charge is 0.476 e. The van der Waals surface area contributed by atoms with Crippen molar-refractivity contribution in [3.8, 4) is 17.1 Å². The van der Waals surface area contributed by atoms with Crippen LogP contribution in [-0.2, 0) is 0 Å². The standard InChI is InChI=1S/C17H14N2O2/c1-12-7-9-14(10-8-12)19-11-15(17(20)21)18-16(19)13-5-3-2-4-6-13/h2-11H,1H3,(H,20,21). The van der Waals surface area contributed by atoms with Gasteiger partial charge >= 0.3 is 5.97 Å². The summed E-state index contributed by atoms with van der Waals surface area (Å²) in [5.41, 5.74) is 2.96. The van der Waals surface area contributed by atoms with Crippen molar-refractivity contribution in [1.82, 2.24) is 9.55 Å². The minimum atomic E-state index is -1.03. The van der Waals surface area contributed by atoms with Crippen molar-refractivity contribution < 1.29 is 9.90 Å². The Morgan fingerprint density at radius 1 is 1.05 bits per heavy atom. The van der Waals surface area contributed by atoms with Crippen LogP contribution >= 0.6 is 0 Å². The van der Waals surface area contributed by atoms with Gasteiger partial charge in [-0.15, -0.1) is 0 Å². The highest BCUT2D eigenvalue weighted by Crippen LogP contribution is 2.23. The lowest BCUT2D eigenvalue weighted by Crippen LogP contribution is -1.96. The highest BCUT2D eigenvalue weighted by Gasteiger charge is 2.15. The van der Waals surface area contributed by atoms with Crippen LogP contribution in [0.15, 0.2) is 60.8 Å². The Morgan fingerprint density at radius 2 is 1.71 bits per heavy atom. The van der Waals surface area contributed by atoms with Gasteiger partial charge in [0.25, 0.3) is 0 Å². The van der Waals surface area contributed by atoms with Gasteiger partial charge in [0, 0.05) is 17.4 Å². The smallest absolute Gasteiger partial charge is 0.356 e. The number of carboxylic acid groups (broad SMARTS) is 1. The number of aryl methyl sites for hydroxylation is 1. The molecule has 0 bridgehead atoms. The Bertz CT molecular complexity index is 774. The maximum Gasteiger partial charge on any atom is 0.356 e. The Balaban J connectivity index is 2.19. The number of carboxylic acids is 1. The van der Waals surface area contributed by atoms with Gasteiger partial charge in [0.1, 0.15) is 5.82 Å². The molecule has 1 aromatic heterocycles. The van der Waals surface area contributed by atoms with Gasteiger partial charge in [0.15, 0.2) is 5.69 Å². The maximum atomic E-state index is 11.2. The highest BCUT2D eigenvalue weighted by atomic mass is 16.4. The number of hydrogen-bond donors (Lipinski definition) is 1. The van der Waals surface area contributed by atoms with Crippen molar-refractivity contribution in [2.75, 3.05) is 0 Å². The number of aromatic nitrogens is 2. The van der Waals surface area contributed by atoms with Crippen LogP contribution in [0.1, 0.15) is 16.1 Å². The van der Waals surface area contributed by atoms with Crippen molar-refractivity contribution >= 4 is 5.97 Å². The topological polar surface area (TPSA) is 55.1 Å². The van der Waals surface area contributed by atoms with Crippen LogP contribution < -0.4 is 0 Å². The Morgan fingerprint density at radius 3 is 2.33 bits per heavy atom. The third kappa shape index (κ3) is 2.56. The zero-order valence-corrected chi connectivity index (χ0v) is 11.5. The van der Waals surface area contributed by atoms with E-state index in [1.165, 1.54) is 0 Å². The molecule has 0 amide bonds. The van der Waals surface area contributed by atoms with Crippen LogP contribution in [0.5, 0.6) is 0 Å². The summed E-state index contributed by atoms with van der Waals surface area (Å²) in [6.45, 7) is 2.01. The summed E-state index contributed by atoms with van der Waals surface area (Å²) in [5.74, 6) is -0.408. The minimum absolute atomic E-state index is 0.0365. The van der Waals surface area contributed by atoms with Crippen LogP contribution in [-0.4, -0.2) is 20.6 Å². The lowest BCUT2D eigenvalue weighted by atomic mass is 10.2. The summed E-state index contributed by atoms with van der Waals surface area (Å²) in [5, 5.41) is 9.18. The predicted molar refractivity (Wildman–Crippen MR) is 80.7 cm³/mol. The molecule has 0 aliphatic rings. The summed E-state index contributed by atoms with van der Waals surface area (Å²) in [4.78, 5) is 15.4. The van der Waals surface area contributed by atoms with Gasteiger partial charge in [-0.3, -0.25) is 4.57 Å². The lowest BCUT2D eigenvalue weighted by molar-refractivity contribution is 0.0691. The second-order valence-corrected chi connectivity index (χ2v) is 4.83. The fraction of sp³-hybridized carbons (Fsp3) is 0.0588. The van der Waals surface area contributed by atoms with Gasteiger partial charge in [-0.25, -0.2) is 9.78 Å². The molecule has 4 heteroatoms. The monoisotopic (exact) mass is 278 g/mol. The van der Waals surface area contributed by atoms with E-state index in [1.807, 2.05) is 61.5 Å². The Labute approximate surface area is 122 Å². The van der Waals surface area contributed by atoms with Gasteiger partial charge in [0.05, 0.1) is 0 Å². The second kappa shape index (κ2) is 5.25. The molecule has 0 aliphatic carbocycles. The molecule has 0 aliphatic heterocycles. The molecule has 0 saturated heterocycles. The van der Waals surface area contributed by atoms with Crippen LogP contribution in [0.4, 0.5) is 0 Å². The number of imidazole rings is 1. The average Bonchev–Trinajstić information content (AvgIpc) is 2.94. The van der Waals surface area contributed by atoms with E-state index >= 15 is 0 Å². The molecule has 1 heterocycles. The van der Waals surface area contributed by atoms with E-state index in [0.29, 0.717) is 5.82 Å². The fourth-order valence-electron chi connectivity index (χ4n) is 2.18. The first-order chi connectivity index (χ1) is 10.1. The van der Waals surface area contributed by atoms with E-state index in [1.54, 1.807) is 10.8 Å². The van der Waals surface area contributed by atoms with Gasteiger partial charge in [0.2, 0.25) is 0 Å². The van der Waals surface area contributed by atoms with Gasteiger partial charge in [-0.05, 0) is 19.1 Å². The average molecular weight is 278 g/mol. The molecule has 0 fully saturated rings. The predicted octanol–water partition coefficient (Wildman–Crippen LogP) is 3.55. The molecule has 3 rings (SSSR count). The maximum absolute atomic E-state index is 11.2. The van der Waals surface area contributed by atoms with Crippen molar-refractivity contribution in [1.29, 1.82) is 0 Å². The van der Waals surface area contributed by atoms with Crippen molar-refractivity contribution in [3.63, 3.8) is 0 Å². The molecule has 104 valence electrons. The summed E-state index contributed by atoms with van der Waals surface area (Å²) < 4.78 is 1.80. The molecule has 0 spiro atoms. The highest BCUT2D eigenvalue weighted by molar-refractivity contribution is 5.86. The number of hydrogen-bond acceptors (Lipinski definition) is 2.